The van der Waals surface area contributed by atoms with E-state index in [1.807, 2.05) is 30.3 Å². The highest BCUT2D eigenvalue weighted by molar-refractivity contribution is 5.94. The number of ether oxygens (including phenoxy) is 1. The van der Waals surface area contributed by atoms with Crippen molar-refractivity contribution >= 4 is 28.5 Å². The van der Waals surface area contributed by atoms with Crippen molar-refractivity contribution in [2.24, 2.45) is 5.92 Å². The van der Waals surface area contributed by atoms with Gasteiger partial charge in [-0.2, -0.15) is 0 Å². The molecule has 0 spiro atoms. The molecule has 4 rings (SSSR count). The van der Waals surface area contributed by atoms with Crippen LogP contribution in [-0.2, 0) is 4.79 Å². The first-order valence-electron chi connectivity index (χ1n) is 13.3. The van der Waals surface area contributed by atoms with E-state index < -0.39 is 5.97 Å². The number of para-hydroxylation sites is 1. The van der Waals surface area contributed by atoms with Gasteiger partial charge in [-0.25, -0.2) is 0 Å². The lowest BCUT2D eigenvalue weighted by molar-refractivity contribution is -0.136. The van der Waals surface area contributed by atoms with E-state index in [1.165, 1.54) is 0 Å². The van der Waals surface area contributed by atoms with Crippen LogP contribution >= 0.6 is 0 Å². The number of carboxylic acid groups (broad SMARTS) is 1. The molecule has 3 N–H and O–H groups in total. The Morgan fingerprint density at radius 1 is 1.00 bits per heavy atom. The standard InChI is InChI=1S/C32H36N2O5/c1-5-20(2)27(34-25-12-10-23(11-13-25)32(37)33-15-14-30(35)36)19-38-26-16-21(3)31(22(4)17-26)29-18-24-8-6-7-9-28(24)39-29/h6-13,16-18,20,27,34H,5,14-15,19H2,1-4H3,(H,33,37)(H,35,36)/t20-,27+/m0/s1. The van der Waals surface area contributed by atoms with E-state index in [0.29, 0.717) is 18.1 Å². The van der Waals surface area contributed by atoms with Gasteiger partial charge in [-0.1, -0.05) is 38.5 Å². The SMILES string of the molecule is CC[C@H](C)[C@@H](COc1cc(C)c(-c2cc3ccccc3o2)c(C)c1)Nc1ccc(C(=O)NCCC(=O)O)cc1. The summed E-state index contributed by atoms with van der Waals surface area (Å²) in [7, 11) is 0. The average Bonchev–Trinajstić information content (AvgIpc) is 3.34. The fourth-order valence-corrected chi connectivity index (χ4v) is 4.64. The Bertz CT molecular complexity index is 1380. The zero-order valence-corrected chi connectivity index (χ0v) is 22.9. The van der Waals surface area contributed by atoms with Gasteiger partial charge in [-0.05, 0) is 79.4 Å². The van der Waals surface area contributed by atoms with Crippen LogP contribution in [0.25, 0.3) is 22.3 Å². The van der Waals surface area contributed by atoms with Crippen LogP contribution in [0.1, 0.15) is 48.2 Å². The summed E-state index contributed by atoms with van der Waals surface area (Å²) >= 11 is 0. The first-order chi connectivity index (χ1) is 18.7. The Kier molecular flexibility index (Phi) is 8.92. The summed E-state index contributed by atoms with van der Waals surface area (Å²) in [5, 5.41) is 16.0. The topological polar surface area (TPSA) is 101 Å². The van der Waals surface area contributed by atoms with Crippen LogP contribution in [0, 0.1) is 19.8 Å². The third kappa shape index (κ3) is 6.99. The van der Waals surface area contributed by atoms with Crippen molar-refractivity contribution < 1.29 is 23.8 Å². The van der Waals surface area contributed by atoms with Gasteiger partial charge < -0.3 is 24.9 Å². The van der Waals surface area contributed by atoms with Gasteiger partial charge in [0.25, 0.3) is 5.91 Å². The first kappa shape index (κ1) is 27.8. The Balaban J connectivity index is 1.42. The van der Waals surface area contributed by atoms with Gasteiger partial charge >= 0.3 is 5.97 Å². The van der Waals surface area contributed by atoms with Gasteiger partial charge in [0.05, 0.1) is 12.5 Å². The molecule has 1 aromatic heterocycles. The number of furan rings is 1. The molecule has 0 aliphatic heterocycles. The van der Waals surface area contributed by atoms with E-state index in [-0.39, 0.29) is 24.9 Å². The lowest BCUT2D eigenvalue weighted by Crippen LogP contribution is -2.33. The maximum absolute atomic E-state index is 12.2. The Labute approximate surface area is 229 Å². The molecular weight excluding hydrogens is 492 g/mol. The van der Waals surface area contributed by atoms with Crippen LogP contribution in [0.5, 0.6) is 5.75 Å². The number of fused-ring (bicyclic) bond motifs is 1. The van der Waals surface area contributed by atoms with Crippen molar-refractivity contribution in [1.29, 1.82) is 0 Å². The second kappa shape index (κ2) is 12.5. The summed E-state index contributed by atoms with van der Waals surface area (Å²) in [6.45, 7) is 9.07. The molecule has 39 heavy (non-hydrogen) atoms. The quantitative estimate of drug-likeness (QED) is 0.186. The molecule has 0 unspecified atom stereocenters. The molecule has 2 atom stereocenters. The van der Waals surface area contributed by atoms with Gasteiger partial charge in [0.2, 0.25) is 0 Å². The van der Waals surface area contributed by atoms with Gasteiger partial charge in [-0.15, -0.1) is 0 Å². The summed E-state index contributed by atoms with van der Waals surface area (Å²) in [6.07, 6.45) is 0.873. The summed E-state index contributed by atoms with van der Waals surface area (Å²) in [5.74, 6) is 0.785. The highest BCUT2D eigenvalue weighted by Crippen LogP contribution is 2.35. The third-order valence-corrected chi connectivity index (χ3v) is 7.06. The summed E-state index contributed by atoms with van der Waals surface area (Å²) in [4.78, 5) is 22.9. The normalized spacial score (nSPS) is 12.6. The molecule has 204 valence electrons. The molecule has 4 aromatic rings. The van der Waals surface area contributed by atoms with Crippen LogP contribution in [0.15, 0.2) is 71.1 Å². The van der Waals surface area contributed by atoms with Crippen molar-refractivity contribution in [2.75, 3.05) is 18.5 Å². The summed E-state index contributed by atoms with van der Waals surface area (Å²) < 4.78 is 12.4. The lowest BCUT2D eigenvalue weighted by atomic mass is 9.98. The smallest absolute Gasteiger partial charge is 0.305 e. The van der Waals surface area contributed by atoms with E-state index in [0.717, 1.165) is 51.3 Å². The molecule has 0 radical (unpaired) electrons. The Morgan fingerprint density at radius 2 is 1.69 bits per heavy atom. The monoisotopic (exact) mass is 528 g/mol. The number of carboxylic acids is 1. The van der Waals surface area contributed by atoms with Crippen LogP contribution in [-0.4, -0.2) is 36.2 Å². The lowest BCUT2D eigenvalue weighted by Gasteiger charge is -2.26. The molecular formula is C32H36N2O5. The van der Waals surface area contributed by atoms with E-state index in [2.05, 4.69) is 62.6 Å². The number of amides is 1. The molecule has 0 fully saturated rings. The molecule has 7 nitrogen and oxygen atoms in total. The maximum Gasteiger partial charge on any atom is 0.305 e. The molecule has 0 aliphatic rings. The van der Waals surface area contributed by atoms with E-state index in [9.17, 15) is 9.59 Å². The van der Waals surface area contributed by atoms with Crippen LogP contribution < -0.4 is 15.4 Å². The number of carbonyl (C=O) groups excluding carboxylic acids is 1. The van der Waals surface area contributed by atoms with Crippen LogP contribution in [0.2, 0.25) is 0 Å². The minimum absolute atomic E-state index is 0.0564. The highest BCUT2D eigenvalue weighted by Gasteiger charge is 2.19. The molecule has 7 heteroatoms. The largest absolute Gasteiger partial charge is 0.491 e. The van der Waals surface area contributed by atoms with Crippen molar-refractivity contribution in [1.82, 2.24) is 5.32 Å². The van der Waals surface area contributed by atoms with Crippen molar-refractivity contribution in [3.63, 3.8) is 0 Å². The summed E-state index contributed by atoms with van der Waals surface area (Å²) in [5.41, 5.74) is 5.52. The minimum atomic E-state index is -0.944. The van der Waals surface area contributed by atoms with E-state index >= 15 is 0 Å². The molecule has 1 heterocycles. The number of carbonyl (C=O) groups is 2. The van der Waals surface area contributed by atoms with Crippen molar-refractivity contribution in [3.05, 3.63) is 83.4 Å². The third-order valence-electron chi connectivity index (χ3n) is 7.06. The minimum Gasteiger partial charge on any atom is -0.491 e. The van der Waals surface area contributed by atoms with E-state index in [4.69, 9.17) is 14.3 Å². The van der Waals surface area contributed by atoms with Crippen LogP contribution in [0.4, 0.5) is 5.69 Å². The predicted octanol–water partition coefficient (Wildman–Crippen LogP) is 6.83. The number of hydrogen-bond acceptors (Lipinski definition) is 5. The van der Waals surface area contributed by atoms with Gasteiger partial charge in [0.1, 0.15) is 23.7 Å². The number of anilines is 1. The molecule has 0 aliphatic carbocycles. The molecule has 0 saturated heterocycles. The number of nitrogens with one attached hydrogen (secondary N) is 2. The number of aliphatic carboxylic acids is 1. The Morgan fingerprint density at radius 3 is 2.33 bits per heavy atom. The second-order valence-electron chi connectivity index (χ2n) is 10.0. The fraction of sp³-hybridized carbons (Fsp3) is 0.312. The number of rotatable bonds is 12. The fourth-order valence-electron chi connectivity index (χ4n) is 4.64. The van der Waals surface area contributed by atoms with E-state index in [1.54, 1.807) is 12.1 Å². The maximum atomic E-state index is 12.2. The zero-order chi connectivity index (χ0) is 27.9. The first-order valence-corrected chi connectivity index (χ1v) is 13.3. The van der Waals surface area contributed by atoms with Crippen molar-refractivity contribution in [3.8, 4) is 17.1 Å². The van der Waals surface area contributed by atoms with Gasteiger partial charge in [-0.3, -0.25) is 9.59 Å². The van der Waals surface area contributed by atoms with Gasteiger partial charge in [0, 0.05) is 28.7 Å². The molecule has 1 amide bonds. The molecule has 3 aromatic carbocycles. The number of hydrogen-bond donors (Lipinski definition) is 3. The second-order valence-corrected chi connectivity index (χ2v) is 10.0. The molecule has 0 bridgehead atoms. The van der Waals surface area contributed by atoms with Crippen molar-refractivity contribution in [2.45, 2.75) is 46.6 Å². The van der Waals surface area contributed by atoms with Gasteiger partial charge in [0.15, 0.2) is 0 Å². The average molecular weight is 529 g/mol. The predicted molar refractivity (Wildman–Crippen MR) is 155 cm³/mol. The number of aryl methyl sites for hydroxylation is 2. The number of benzene rings is 3. The van der Waals surface area contributed by atoms with Crippen LogP contribution in [0.3, 0.4) is 0 Å². The zero-order valence-electron chi connectivity index (χ0n) is 22.9. The molecule has 0 saturated carbocycles. The summed E-state index contributed by atoms with van der Waals surface area (Å²) in [6, 6.07) is 21.5. The highest BCUT2D eigenvalue weighted by atomic mass is 16.5. The Hall–Kier alpha value is -4.26.